The molecule has 1 fully saturated rings. The Hall–Kier alpha value is -1.46. The van der Waals surface area contributed by atoms with E-state index in [4.69, 9.17) is 0 Å². The van der Waals surface area contributed by atoms with Gasteiger partial charge in [-0.25, -0.2) is 0 Å². The lowest BCUT2D eigenvalue weighted by molar-refractivity contribution is -0.136. The first-order chi connectivity index (χ1) is 10.2. The van der Waals surface area contributed by atoms with E-state index in [0.717, 1.165) is 51.5 Å². The first-order valence-electron chi connectivity index (χ1n) is 7.82. The highest BCUT2D eigenvalue weighted by molar-refractivity contribution is 5.78. The van der Waals surface area contributed by atoms with Crippen molar-refractivity contribution in [1.29, 1.82) is 0 Å². The van der Waals surface area contributed by atoms with Gasteiger partial charge in [0.15, 0.2) is 0 Å². The Balaban J connectivity index is 1.76. The lowest BCUT2D eigenvalue weighted by atomic mass is 10.1. The Morgan fingerprint density at radius 3 is 2.71 bits per heavy atom. The van der Waals surface area contributed by atoms with Gasteiger partial charge in [-0.3, -0.25) is 14.7 Å². The fourth-order valence-electron chi connectivity index (χ4n) is 2.61. The van der Waals surface area contributed by atoms with E-state index >= 15 is 0 Å². The lowest BCUT2D eigenvalue weighted by Gasteiger charge is -2.35. The lowest BCUT2D eigenvalue weighted by Crippen LogP contribution is -2.50. The molecular formula is C16H26N4O. The molecule has 0 bridgehead atoms. The van der Waals surface area contributed by atoms with Crippen LogP contribution in [0.15, 0.2) is 24.4 Å². The Bertz CT molecular complexity index is 429. The van der Waals surface area contributed by atoms with Crippen molar-refractivity contribution in [2.45, 2.75) is 20.4 Å². The van der Waals surface area contributed by atoms with Gasteiger partial charge in [0.05, 0.1) is 5.69 Å². The second kappa shape index (κ2) is 8.10. The molecular weight excluding hydrogens is 264 g/mol. The minimum Gasteiger partial charge on any atom is -0.340 e. The Kier molecular flexibility index (Phi) is 6.14. The third-order valence-corrected chi connectivity index (χ3v) is 3.92. The van der Waals surface area contributed by atoms with Gasteiger partial charge >= 0.3 is 0 Å². The molecule has 21 heavy (non-hydrogen) atoms. The van der Waals surface area contributed by atoms with Crippen molar-refractivity contribution in [2.75, 3.05) is 39.3 Å². The molecule has 2 rings (SSSR count). The highest BCUT2D eigenvalue weighted by atomic mass is 16.2. The van der Waals surface area contributed by atoms with Crippen LogP contribution in [-0.2, 0) is 11.3 Å². The number of hydrogen-bond acceptors (Lipinski definition) is 4. The van der Waals surface area contributed by atoms with Crippen LogP contribution in [0.5, 0.6) is 0 Å². The molecule has 116 valence electrons. The first-order valence-corrected chi connectivity index (χ1v) is 7.82. The van der Waals surface area contributed by atoms with Gasteiger partial charge in [0, 0.05) is 51.4 Å². The SMILES string of the molecule is CCNCC(C)C(=O)N1CCN(Cc2ccccn2)CC1. The van der Waals surface area contributed by atoms with Crippen molar-refractivity contribution in [3.63, 3.8) is 0 Å². The number of piperazine rings is 1. The summed E-state index contributed by atoms with van der Waals surface area (Å²) >= 11 is 0. The van der Waals surface area contributed by atoms with Crippen molar-refractivity contribution < 1.29 is 4.79 Å². The van der Waals surface area contributed by atoms with E-state index in [-0.39, 0.29) is 11.8 Å². The number of carbonyl (C=O) groups excluding carboxylic acids is 1. The molecule has 1 N–H and O–H groups in total. The standard InChI is InChI=1S/C16H26N4O/c1-3-17-12-14(2)16(21)20-10-8-19(9-11-20)13-15-6-4-5-7-18-15/h4-7,14,17H,3,8-13H2,1-2H3. The summed E-state index contributed by atoms with van der Waals surface area (Å²) in [6, 6.07) is 6.01. The van der Waals surface area contributed by atoms with Crippen molar-refractivity contribution in [2.24, 2.45) is 5.92 Å². The number of nitrogens with one attached hydrogen (secondary N) is 1. The van der Waals surface area contributed by atoms with Crippen molar-refractivity contribution in [3.05, 3.63) is 30.1 Å². The highest BCUT2D eigenvalue weighted by Crippen LogP contribution is 2.09. The van der Waals surface area contributed by atoms with E-state index in [0.29, 0.717) is 0 Å². The van der Waals surface area contributed by atoms with Crippen molar-refractivity contribution in [3.8, 4) is 0 Å². The number of carbonyl (C=O) groups is 1. The Morgan fingerprint density at radius 1 is 1.33 bits per heavy atom. The smallest absolute Gasteiger partial charge is 0.226 e. The van der Waals surface area contributed by atoms with Crippen molar-refractivity contribution in [1.82, 2.24) is 20.1 Å². The van der Waals surface area contributed by atoms with Gasteiger partial charge in [-0.1, -0.05) is 19.9 Å². The predicted molar refractivity (Wildman–Crippen MR) is 83.8 cm³/mol. The molecule has 2 heterocycles. The molecule has 5 heteroatoms. The predicted octanol–water partition coefficient (Wildman–Crippen LogP) is 0.971. The fraction of sp³-hybridized carbons (Fsp3) is 0.625. The van der Waals surface area contributed by atoms with E-state index in [2.05, 4.69) is 28.2 Å². The van der Waals surface area contributed by atoms with E-state index in [1.807, 2.05) is 30.2 Å². The van der Waals surface area contributed by atoms with Gasteiger partial charge in [0.1, 0.15) is 0 Å². The van der Waals surface area contributed by atoms with Gasteiger partial charge < -0.3 is 10.2 Å². The van der Waals surface area contributed by atoms with E-state index in [1.165, 1.54) is 0 Å². The molecule has 0 saturated carbocycles. The van der Waals surface area contributed by atoms with E-state index in [9.17, 15) is 4.79 Å². The van der Waals surface area contributed by atoms with Gasteiger partial charge in [-0.05, 0) is 18.7 Å². The fourth-order valence-corrected chi connectivity index (χ4v) is 2.61. The number of hydrogen-bond donors (Lipinski definition) is 1. The molecule has 0 spiro atoms. The topological polar surface area (TPSA) is 48.5 Å². The van der Waals surface area contributed by atoms with Crippen LogP contribution in [0.25, 0.3) is 0 Å². The van der Waals surface area contributed by atoms with Crippen LogP contribution >= 0.6 is 0 Å². The summed E-state index contributed by atoms with van der Waals surface area (Å²) in [6.45, 7) is 10.1. The van der Waals surface area contributed by atoms with Gasteiger partial charge in [-0.15, -0.1) is 0 Å². The maximum absolute atomic E-state index is 12.3. The number of rotatable bonds is 6. The van der Waals surface area contributed by atoms with E-state index in [1.54, 1.807) is 0 Å². The third kappa shape index (κ3) is 4.79. The zero-order valence-corrected chi connectivity index (χ0v) is 13.1. The quantitative estimate of drug-likeness (QED) is 0.848. The summed E-state index contributed by atoms with van der Waals surface area (Å²) in [4.78, 5) is 21.0. The van der Waals surface area contributed by atoms with E-state index < -0.39 is 0 Å². The van der Waals surface area contributed by atoms with Crippen LogP contribution in [-0.4, -0.2) is 60.0 Å². The third-order valence-electron chi connectivity index (χ3n) is 3.92. The highest BCUT2D eigenvalue weighted by Gasteiger charge is 2.24. The maximum atomic E-state index is 12.3. The maximum Gasteiger partial charge on any atom is 0.226 e. The molecule has 0 radical (unpaired) electrons. The molecule has 1 saturated heterocycles. The first kappa shape index (κ1) is 15.9. The van der Waals surface area contributed by atoms with Gasteiger partial charge in [-0.2, -0.15) is 0 Å². The minimum atomic E-state index is 0.0623. The number of aromatic nitrogens is 1. The van der Waals surface area contributed by atoms with Crippen LogP contribution in [0.2, 0.25) is 0 Å². The molecule has 1 aromatic heterocycles. The second-order valence-corrected chi connectivity index (χ2v) is 5.63. The zero-order chi connectivity index (χ0) is 15.1. The average Bonchev–Trinajstić information content (AvgIpc) is 2.53. The molecule has 1 aliphatic rings. The van der Waals surface area contributed by atoms with Crippen LogP contribution in [0, 0.1) is 5.92 Å². The Morgan fingerprint density at radius 2 is 2.10 bits per heavy atom. The average molecular weight is 290 g/mol. The summed E-state index contributed by atoms with van der Waals surface area (Å²) in [5, 5.41) is 3.24. The molecule has 1 amide bonds. The summed E-state index contributed by atoms with van der Waals surface area (Å²) in [7, 11) is 0. The second-order valence-electron chi connectivity index (χ2n) is 5.63. The van der Waals surface area contributed by atoms with Gasteiger partial charge in [0.2, 0.25) is 5.91 Å². The van der Waals surface area contributed by atoms with Crippen LogP contribution in [0.4, 0.5) is 0 Å². The summed E-state index contributed by atoms with van der Waals surface area (Å²) in [5.41, 5.74) is 1.10. The summed E-state index contributed by atoms with van der Waals surface area (Å²) in [5.74, 6) is 0.334. The number of amides is 1. The number of nitrogens with zero attached hydrogens (tertiary/aromatic N) is 3. The zero-order valence-electron chi connectivity index (χ0n) is 13.1. The van der Waals surface area contributed by atoms with Crippen LogP contribution in [0.3, 0.4) is 0 Å². The molecule has 1 atom stereocenters. The molecule has 0 aliphatic carbocycles. The minimum absolute atomic E-state index is 0.0623. The Labute approximate surface area is 127 Å². The largest absolute Gasteiger partial charge is 0.340 e. The number of pyridine rings is 1. The van der Waals surface area contributed by atoms with Gasteiger partial charge in [0.25, 0.3) is 0 Å². The molecule has 1 aromatic rings. The van der Waals surface area contributed by atoms with Crippen LogP contribution < -0.4 is 5.32 Å². The molecule has 1 aliphatic heterocycles. The normalized spacial score (nSPS) is 17.7. The molecule has 5 nitrogen and oxygen atoms in total. The summed E-state index contributed by atoms with van der Waals surface area (Å²) < 4.78 is 0. The molecule has 1 unspecified atom stereocenters. The molecule has 0 aromatic carbocycles. The van der Waals surface area contributed by atoms with Crippen molar-refractivity contribution >= 4 is 5.91 Å². The monoisotopic (exact) mass is 290 g/mol. The van der Waals surface area contributed by atoms with Crippen LogP contribution in [0.1, 0.15) is 19.5 Å². The summed E-state index contributed by atoms with van der Waals surface area (Å²) in [6.07, 6.45) is 1.83.